The molecule has 0 aliphatic carbocycles. The average Bonchev–Trinajstić information content (AvgIpc) is 2.82. The van der Waals surface area contributed by atoms with Crippen LogP contribution in [0, 0.1) is 0 Å². The summed E-state index contributed by atoms with van der Waals surface area (Å²) >= 11 is 6.91. The van der Waals surface area contributed by atoms with E-state index < -0.39 is 11.9 Å². The van der Waals surface area contributed by atoms with Crippen molar-refractivity contribution in [3.05, 3.63) is 86.0 Å². The third kappa shape index (κ3) is 20.7. The van der Waals surface area contributed by atoms with E-state index in [2.05, 4.69) is 87.4 Å². The van der Waals surface area contributed by atoms with E-state index in [1.54, 1.807) is 11.8 Å². The van der Waals surface area contributed by atoms with Gasteiger partial charge in [0.15, 0.2) is 0 Å². The molecule has 2 rings (SSSR count). The Morgan fingerprint density at radius 1 is 0.848 bits per heavy atom. The van der Waals surface area contributed by atoms with Gasteiger partial charge in [-0.3, -0.25) is 0 Å². The topological polar surface area (TPSA) is 109 Å². The Labute approximate surface area is 207 Å². The van der Waals surface area contributed by atoms with Gasteiger partial charge in [0.1, 0.15) is 4.32 Å². The Hall–Kier alpha value is -2.94. The molecule has 0 unspecified atom stereocenters. The normalized spacial score (nSPS) is 8.33. The highest BCUT2D eigenvalue weighted by molar-refractivity contribution is 8.22. The molecule has 182 valence electrons. The zero-order valence-electron chi connectivity index (χ0n) is 19.4. The van der Waals surface area contributed by atoms with Gasteiger partial charge in [-0.25, -0.2) is 9.59 Å². The van der Waals surface area contributed by atoms with Gasteiger partial charge >= 0.3 is 11.9 Å². The maximum atomic E-state index is 9.25. The van der Waals surface area contributed by atoms with Crippen LogP contribution in [-0.4, -0.2) is 55.7 Å². The molecular weight excluding hydrogens is 458 g/mol. The Kier molecular flexibility index (Phi) is 24.9. The lowest BCUT2D eigenvalue weighted by Gasteiger charge is -2.20. The van der Waals surface area contributed by atoms with Gasteiger partial charge in [-0.05, 0) is 30.7 Å². The van der Waals surface area contributed by atoms with Crippen LogP contribution in [0.15, 0.2) is 86.0 Å². The molecule has 0 saturated heterocycles. The Balaban J connectivity index is -0.000000389. The Morgan fingerprint density at radius 2 is 1.15 bits per heavy atom. The van der Waals surface area contributed by atoms with Gasteiger partial charge in [0, 0.05) is 25.2 Å². The molecule has 4 N–H and O–H groups in total. The van der Waals surface area contributed by atoms with E-state index in [4.69, 9.17) is 22.4 Å². The molecule has 0 bridgehead atoms. The number of nitrogens with zero attached hydrogens (tertiary/aromatic N) is 1. The largest absolute Gasteiger partial charge is 0.478 e. The van der Waals surface area contributed by atoms with E-state index in [1.807, 2.05) is 12.1 Å². The van der Waals surface area contributed by atoms with E-state index in [0.29, 0.717) is 0 Å². The lowest BCUT2D eigenvalue weighted by atomic mass is 10.1. The van der Waals surface area contributed by atoms with E-state index in [0.717, 1.165) is 35.3 Å². The number of benzene rings is 2. The summed E-state index contributed by atoms with van der Waals surface area (Å²) in [7, 11) is 0. The summed E-state index contributed by atoms with van der Waals surface area (Å²) in [5.41, 5.74) is 2.55. The number of carboxylic acid groups (broad SMARTS) is 2. The number of rotatable bonds is 6. The van der Waals surface area contributed by atoms with Gasteiger partial charge in [-0.15, -0.1) is 0 Å². The predicted molar refractivity (Wildman–Crippen MR) is 145 cm³/mol. The fourth-order valence-electron chi connectivity index (χ4n) is 1.96. The summed E-state index contributed by atoms with van der Waals surface area (Å²) in [4.78, 5) is 20.7. The Bertz CT molecular complexity index is 739. The third-order valence-corrected chi connectivity index (χ3v) is 4.93. The summed E-state index contributed by atoms with van der Waals surface area (Å²) in [6.45, 7) is 14.4. The van der Waals surface area contributed by atoms with Gasteiger partial charge in [-0.1, -0.05) is 105 Å². The van der Waals surface area contributed by atoms with Crippen molar-refractivity contribution in [3.8, 4) is 11.1 Å². The smallest absolute Gasteiger partial charge is 0.327 e. The van der Waals surface area contributed by atoms with Crippen LogP contribution >= 0.6 is 24.0 Å². The minimum absolute atomic E-state index is 0. The van der Waals surface area contributed by atoms with E-state index in [9.17, 15) is 9.59 Å². The maximum absolute atomic E-state index is 9.25. The van der Waals surface area contributed by atoms with Crippen molar-refractivity contribution in [3.63, 3.8) is 0 Å². The summed E-state index contributed by atoms with van der Waals surface area (Å²) in [6, 6.07) is 20.8. The molecule has 0 saturated carbocycles. The van der Waals surface area contributed by atoms with Crippen molar-refractivity contribution in [1.82, 2.24) is 4.90 Å². The molecule has 0 radical (unpaired) electrons. The molecule has 0 atom stereocenters. The maximum Gasteiger partial charge on any atom is 0.327 e. The summed E-state index contributed by atoms with van der Waals surface area (Å²) < 4.78 is 1.03. The molecule has 0 aromatic heterocycles. The van der Waals surface area contributed by atoms with Crippen LogP contribution in [0.1, 0.15) is 20.8 Å². The molecule has 0 heterocycles. The number of thioether (sulfide) groups is 1. The van der Waals surface area contributed by atoms with Crippen LogP contribution in [0.4, 0.5) is 0 Å². The first-order valence-electron chi connectivity index (χ1n) is 9.99. The fourth-order valence-corrected chi connectivity index (χ4v) is 3.26. The number of aliphatic carboxylic acids is 2. The minimum Gasteiger partial charge on any atom is -0.478 e. The SMILES string of the molecule is C=CC(=O)O.C=CC(=O)O.CCSC(=S)N(CC)CC.O.c1ccc(-c2ccccc2)cc1. The van der Waals surface area contributed by atoms with Crippen molar-refractivity contribution in [1.29, 1.82) is 0 Å². The summed E-state index contributed by atoms with van der Waals surface area (Å²) in [5, 5.41) is 15.2. The number of hydrogen-bond donors (Lipinski definition) is 2. The van der Waals surface area contributed by atoms with E-state index in [-0.39, 0.29) is 5.48 Å². The molecule has 8 heteroatoms. The second-order valence-corrected chi connectivity index (χ2v) is 7.59. The van der Waals surface area contributed by atoms with Gasteiger partial charge in [-0.2, -0.15) is 0 Å². The Morgan fingerprint density at radius 3 is 1.36 bits per heavy atom. The molecule has 2 aromatic rings. The van der Waals surface area contributed by atoms with Crippen LogP contribution < -0.4 is 0 Å². The molecule has 0 amide bonds. The van der Waals surface area contributed by atoms with Gasteiger partial charge in [0.05, 0.1) is 0 Å². The zero-order chi connectivity index (χ0) is 24.8. The lowest BCUT2D eigenvalue weighted by Crippen LogP contribution is -2.26. The van der Waals surface area contributed by atoms with Crippen LogP contribution in [-0.2, 0) is 9.59 Å². The van der Waals surface area contributed by atoms with Crippen LogP contribution in [0.5, 0.6) is 0 Å². The highest BCUT2D eigenvalue weighted by Crippen LogP contribution is 2.17. The molecule has 0 aliphatic rings. The summed E-state index contributed by atoms with van der Waals surface area (Å²) in [5.74, 6) is -0.884. The van der Waals surface area contributed by atoms with Crippen LogP contribution in [0.3, 0.4) is 0 Å². The quantitative estimate of drug-likeness (QED) is 0.409. The first kappa shape index (κ1) is 34.7. The fraction of sp³-hybridized carbons (Fsp3) is 0.240. The van der Waals surface area contributed by atoms with Gasteiger partial charge in [0.2, 0.25) is 0 Å². The molecular formula is C25H35NO5S2. The zero-order valence-corrected chi connectivity index (χ0v) is 21.1. The van der Waals surface area contributed by atoms with Gasteiger partial charge < -0.3 is 20.6 Å². The van der Waals surface area contributed by atoms with E-state index in [1.165, 1.54) is 11.1 Å². The number of hydrogen-bond acceptors (Lipinski definition) is 4. The van der Waals surface area contributed by atoms with Crippen molar-refractivity contribution in [2.45, 2.75) is 20.8 Å². The predicted octanol–water partition coefficient (Wildman–Crippen LogP) is 5.41. The molecule has 2 aromatic carbocycles. The summed E-state index contributed by atoms with van der Waals surface area (Å²) in [6.07, 6.45) is 1.67. The molecule has 33 heavy (non-hydrogen) atoms. The molecule has 6 nitrogen and oxygen atoms in total. The van der Waals surface area contributed by atoms with Gasteiger partial charge in [0.25, 0.3) is 0 Å². The molecule has 0 aliphatic heterocycles. The average molecular weight is 494 g/mol. The van der Waals surface area contributed by atoms with Crippen LogP contribution in [0.2, 0.25) is 0 Å². The molecule has 0 fully saturated rings. The minimum atomic E-state index is -0.981. The lowest BCUT2D eigenvalue weighted by molar-refractivity contribution is -0.132. The standard InChI is InChI=1S/C12H10.C7H15NS2.2C3H4O2.H2O/c1-3-7-11(8-4-1)12-9-5-2-6-10-12;1-4-8(5-2)7(9)10-6-3;2*1-2-3(4)5;/h1-10H;4-6H2,1-3H3;2*2H,1H2,(H,4,5);1H2. The first-order valence-corrected chi connectivity index (χ1v) is 11.4. The third-order valence-electron chi connectivity index (χ3n) is 3.52. The van der Waals surface area contributed by atoms with Crippen molar-refractivity contribution in [2.75, 3.05) is 18.8 Å². The van der Waals surface area contributed by atoms with Crippen molar-refractivity contribution < 1.29 is 25.3 Å². The highest BCUT2D eigenvalue weighted by Gasteiger charge is 2.02. The second kappa shape index (κ2) is 23.7. The molecule has 0 spiro atoms. The van der Waals surface area contributed by atoms with Crippen molar-refractivity contribution >= 4 is 40.2 Å². The van der Waals surface area contributed by atoms with Crippen molar-refractivity contribution in [2.24, 2.45) is 0 Å². The number of carbonyl (C=O) groups is 2. The highest BCUT2D eigenvalue weighted by atomic mass is 32.2. The number of carboxylic acids is 2. The van der Waals surface area contributed by atoms with Crippen LogP contribution in [0.25, 0.3) is 11.1 Å². The number of thiocarbonyl (C=S) groups is 1. The van der Waals surface area contributed by atoms with E-state index >= 15 is 0 Å². The first-order chi connectivity index (χ1) is 15.3. The monoisotopic (exact) mass is 493 g/mol. The second-order valence-electron chi connectivity index (χ2n) is 5.69.